The van der Waals surface area contributed by atoms with Gasteiger partial charge in [0.25, 0.3) is 0 Å². The highest BCUT2D eigenvalue weighted by Crippen LogP contribution is 2.19. The SMILES string of the molecule is CN(O)C(=O)NCc1ccc(-c2ccccc2)cc1. The molecule has 0 saturated carbocycles. The lowest BCUT2D eigenvalue weighted by Crippen LogP contribution is -2.34. The summed E-state index contributed by atoms with van der Waals surface area (Å²) in [5, 5.41) is 12.0. The molecule has 0 aliphatic rings. The molecule has 0 fully saturated rings. The maximum atomic E-state index is 11.2. The Balaban J connectivity index is 2.01. The van der Waals surface area contributed by atoms with Crippen molar-refractivity contribution < 1.29 is 10.0 Å². The van der Waals surface area contributed by atoms with Crippen LogP contribution in [0, 0.1) is 0 Å². The molecule has 0 unspecified atom stereocenters. The lowest BCUT2D eigenvalue weighted by Gasteiger charge is -2.10. The molecule has 0 aliphatic carbocycles. The minimum absolute atomic E-state index is 0.388. The third-order valence-electron chi connectivity index (χ3n) is 2.80. The van der Waals surface area contributed by atoms with Crippen molar-refractivity contribution >= 4 is 6.03 Å². The van der Waals surface area contributed by atoms with E-state index < -0.39 is 6.03 Å². The molecule has 0 radical (unpaired) electrons. The minimum atomic E-state index is -0.521. The fraction of sp³-hybridized carbons (Fsp3) is 0.133. The zero-order valence-corrected chi connectivity index (χ0v) is 10.7. The second kappa shape index (κ2) is 6.02. The molecule has 98 valence electrons. The normalized spacial score (nSPS) is 10.0. The first-order valence-electron chi connectivity index (χ1n) is 6.01. The van der Waals surface area contributed by atoms with Gasteiger partial charge in [-0.3, -0.25) is 5.21 Å². The largest absolute Gasteiger partial charge is 0.341 e. The third-order valence-corrected chi connectivity index (χ3v) is 2.80. The van der Waals surface area contributed by atoms with Gasteiger partial charge >= 0.3 is 6.03 Å². The number of benzene rings is 2. The molecule has 0 aromatic heterocycles. The Bertz CT molecular complexity index is 536. The van der Waals surface area contributed by atoms with E-state index in [9.17, 15) is 4.79 Å². The Kier molecular flexibility index (Phi) is 4.15. The Morgan fingerprint density at radius 2 is 1.63 bits per heavy atom. The number of carbonyl (C=O) groups is 1. The summed E-state index contributed by atoms with van der Waals surface area (Å²) in [5.74, 6) is 0. The van der Waals surface area contributed by atoms with E-state index in [1.807, 2.05) is 42.5 Å². The van der Waals surface area contributed by atoms with Crippen molar-refractivity contribution in [2.75, 3.05) is 7.05 Å². The summed E-state index contributed by atoms with van der Waals surface area (Å²) < 4.78 is 0. The van der Waals surface area contributed by atoms with E-state index in [1.165, 1.54) is 7.05 Å². The van der Waals surface area contributed by atoms with Gasteiger partial charge in [0.15, 0.2) is 0 Å². The lowest BCUT2D eigenvalue weighted by molar-refractivity contribution is -0.0184. The number of carbonyl (C=O) groups excluding carboxylic acids is 1. The first-order valence-corrected chi connectivity index (χ1v) is 6.01. The van der Waals surface area contributed by atoms with E-state index in [2.05, 4.69) is 17.4 Å². The molecular formula is C15H16N2O2. The number of rotatable bonds is 3. The Morgan fingerprint density at radius 1 is 1.05 bits per heavy atom. The number of hydroxylamine groups is 2. The maximum absolute atomic E-state index is 11.2. The third kappa shape index (κ3) is 3.56. The van der Waals surface area contributed by atoms with E-state index in [4.69, 9.17) is 5.21 Å². The molecule has 2 rings (SSSR count). The molecule has 4 heteroatoms. The van der Waals surface area contributed by atoms with E-state index in [0.29, 0.717) is 11.6 Å². The molecular weight excluding hydrogens is 240 g/mol. The van der Waals surface area contributed by atoms with Gasteiger partial charge in [0, 0.05) is 13.6 Å². The van der Waals surface area contributed by atoms with E-state index in [-0.39, 0.29) is 0 Å². The highest BCUT2D eigenvalue weighted by molar-refractivity contribution is 5.72. The van der Waals surface area contributed by atoms with Crippen molar-refractivity contribution in [1.29, 1.82) is 0 Å². The molecule has 2 aromatic carbocycles. The van der Waals surface area contributed by atoms with Crippen LogP contribution in [0.3, 0.4) is 0 Å². The van der Waals surface area contributed by atoms with Gasteiger partial charge in [-0.15, -0.1) is 0 Å². The topological polar surface area (TPSA) is 52.6 Å². The first kappa shape index (κ1) is 13.1. The number of hydrogen-bond acceptors (Lipinski definition) is 2. The predicted octanol–water partition coefficient (Wildman–Crippen LogP) is 2.88. The average Bonchev–Trinajstić information content (AvgIpc) is 2.46. The fourth-order valence-electron chi connectivity index (χ4n) is 1.74. The zero-order valence-electron chi connectivity index (χ0n) is 10.7. The van der Waals surface area contributed by atoms with Crippen LogP contribution in [0.2, 0.25) is 0 Å². The highest BCUT2D eigenvalue weighted by atomic mass is 16.5. The number of amides is 2. The quantitative estimate of drug-likeness (QED) is 0.655. The van der Waals surface area contributed by atoms with Crippen LogP contribution in [0.15, 0.2) is 54.6 Å². The Morgan fingerprint density at radius 3 is 2.21 bits per heavy atom. The average molecular weight is 256 g/mol. The Labute approximate surface area is 112 Å². The van der Waals surface area contributed by atoms with E-state index >= 15 is 0 Å². The van der Waals surface area contributed by atoms with Crippen molar-refractivity contribution in [2.24, 2.45) is 0 Å². The van der Waals surface area contributed by atoms with Gasteiger partial charge in [-0.2, -0.15) is 0 Å². The van der Waals surface area contributed by atoms with E-state index in [0.717, 1.165) is 16.7 Å². The zero-order chi connectivity index (χ0) is 13.7. The van der Waals surface area contributed by atoms with Crippen LogP contribution in [0.4, 0.5) is 4.79 Å². The smallest absolute Gasteiger partial charge is 0.332 e. The lowest BCUT2D eigenvalue weighted by atomic mass is 10.0. The molecule has 2 N–H and O–H groups in total. The van der Waals surface area contributed by atoms with Crippen LogP contribution in [0.25, 0.3) is 11.1 Å². The molecule has 19 heavy (non-hydrogen) atoms. The van der Waals surface area contributed by atoms with Gasteiger partial charge < -0.3 is 5.32 Å². The monoisotopic (exact) mass is 256 g/mol. The van der Waals surface area contributed by atoms with Gasteiger partial charge in [-0.1, -0.05) is 54.6 Å². The van der Waals surface area contributed by atoms with Crippen LogP contribution in [0.5, 0.6) is 0 Å². The van der Waals surface area contributed by atoms with E-state index in [1.54, 1.807) is 0 Å². The molecule has 0 spiro atoms. The first-order chi connectivity index (χ1) is 9.16. The van der Waals surface area contributed by atoms with Crippen LogP contribution in [-0.4, -0.2) is 23.3 Å². The molecule has 0 heterocycles. The molecule has 0 bridgehead atoms. The molecule has 0 atom stereocenters. The van der Waals surface area contributed by atoms with Crippen LogP contribution in [0.1, 0.15) is 5.56 Å². The van der Waals surface area contributed by atoms with Gasteiger partial charge in [0.1, 0.15) is 0 Å². The molecule has 4 nitrogen and oxygen atoms in total. The van der Waals surface area contributed by atoms with Crippen molar-refractivity contribution in [3.05, 3.63) is 60.2 Å². The second-order valence-corrected chi connectivity index (χ2v) is 4.25. The second-order valence-electron chi connectivity index (χ2n) is 4.25. The van der Waals surface area contributed by atoms with Gasteiger partial charge in [-0.05, 0) is 16.7 Å². The fourth-order valence-corrected chi connectivity index (χ4v) is 1.74. The standard InChI is InChI=1S/C15H16N2O2/c1-17(19)15(18)16-11-12-7-9-14(10-8-12)13-5-3-2-4-6-13/h2-10,19H,11H2,1H3,(H,16,18). The summed E-state index contributed by atoms with van der Waals surface area (Å²) in [5.41, 5.74) is 3.28. The van der Waals surface area contributed by atoms with Gasteiger partial charge in [0.05, 0.1) is 0 Å². The molecule has 0 aliphatic heterocycles. The summed E-state index contributed by atoms with van der Waals surface area (Å²) in [4.78, 5) is 11.2. The minimum Gasteiger partial charge on any atom is -0.332 e. The maximum Gasteiger partial charge on any atom is 0.341 e. The summed E-state index contributed by atoms with van der Waals surface area (Å²) in [6.45, 7) is 0.388. The van der Waals surface area contributed by atoms with Crippen LogP contribution < -0.4 is 5.32 Å². The van der Waals surface area contributed by atoms with Crippen molar-refractivity contribution in [1.82, 2.24) is 10.4 Å². The van der Waals surface area contributed by atoms with Gasteiger partial charge in [0.2, 0.25) is 0 Å². The number of urea groups is 1. The van der Waals surface area contributed by atoms with Crippen molar-refractivity contribution in [3.63, 3.8) is 0 Å². The predicted molar refractivity (Wildman–Crippen MR) is 73.7 cm³/mol. The molecule has 0 saturated heterocycles. The highest BCUT2D eigenvalue weighted by Gasteiger charge is 2.04. The summed E-state index contributed by atoms with van der Waals surface area (Å²) >= 11 is 0. The summed E-state index contributed by atoms with van der Waals surface area (Å²) in [6, 6.07) is 17.5. The summed E-state index contributed by atoms with van der Waals surface area (Å²) in [7, 11) is 1.29. The van der Waals surface area contributed by atoms with Crippen LogP contribution in [-0.2, 0) is 6.54 Å². The van der Waals surface area contributed by atoms with Crippen molar-refractivity contribution in [2.45, 2.75) is 6.54 Å². The molecule has 2 aromatic rings. The number of nitrogens with zero attached hydrogens (tertiary/aromatic N) is 1. The number of nitrogens with one attached hydrogen (secondary N) is 1. The number of hydrogen-bond donors (Lipinski definition) is 2. The van der Waals surface area contributed by atoms with Gasteiger partial charge in [-0.25, -0.2) is 9.86 Å². The van der Waals surface area contributed by atoms with Crippen molar-refractivity contribution in [3.8, 4) is 11.1 Å². The van der Waals surface area contributed by atoms with Crippen LogP contribution >= 0.6 is 0 Å². The summed E-state index contributed by atoms with van der Waals surface area (Å²) in [6.07, 6.45) is 0. The molecule has 2 amide bonds. The Hall–Kier alpha value is -2.33.